The minimum Gasteiger partial charge on any atom is -0.444 e. The van der Waals surface area contributed by atoms with Crippen molar-refractivity contribution in [2.45, 2.75) is 52.8 Å². The maximum atomic E-state index is 12.5. The number of fused-ring (bicyclic) bond motifs is 1. The molecule has 0 unspecified atom stereocenters. The molecular formula is C25H32N4O2. The molecule has 2 heterocycles. The van der Waals surface area contributed by atoms with Gasteiger partial charge in [0.05, 0.1) is 17.6 Å². The van der Waals surface area contributed by atoms with E-state index in [9.17, 15) is 4.79 Å². The number of amides is 1. The number of rotatable bonds is 3. The van der Waals surface area contributed by atoms with E-state index in [2.05, 4.69) is 65.8 Å². The van der Waals surface area contributed by atoms with Gasteiger partial charge in [-0.15, -0.1) is 0 Å². The molecular weight excluding hydrogens is 388 g/mol. The Morgan fingerprint density at radius 3 is 2.48 bits per heavy atom. The van der Waals surface area contributed by atoms with Crippen LogP contribution in [-0.4, -0.2) is 51.8 Å². The summed E-state index contributed by atoms with van der Waals surface area (Å²) >= 11 is 0. The summed E-state index contributed by atoms with van der Waals surface area (Å²) in [6.07, 6.45) is -0.243. The highest BCUT2D eigenvalue weighted by molar-refractivity contribution is 5.79. The Morgan fingerprint density at radius 1 is 1.10 bits per heavy atom. The number of anilines is 1. The van der Waals surface area contributed by atoms with E-state index in [0.717, 1.165) is 30.1 Å². The second-order valence-corrected chi connectivity index (χ2v) is 9.44. The molecule has 4 rings (SSSR count). The highest BCUT2D eigenvalue weighted by atomic mass is 16.6. The number of para-hydroxylation sites is 2. The van der Waals surface area contributed by atoms with Crippen LogP contribution in [0.5, 0.6) is 0 Å². The molecule has 3 aromatic rings. The summed E-state index contributed by atoms with van der Waals surface area (Å²) in [5.74, 6) is 0.957. The van der Waals surface area contributed by atoms with Crippen LogP contribution in [0.15, 0.2) is 48.5 Å². The summed E-state index contributed by atoms with van der Waals surface area (Å²) in [7, 11) is 0. The van der Waals surface area contributed by atoms with Gasteiger partial charge in [0.1, 0.15) is 5.60 Å². The number of nitrogens with zero attached hydrogens (tertiary/aromatic N) is 4. The van der Waals surface area contributed by atoms with Gasteiger partial charge in [0.15, 0.2) is 0 Å². The third-order valence-electron chi connectivity index (χ3n) is 5.63. The zero-order valence-electron chi connectivity index (χ0n) is 19.1. The van der Waals surface area contributed by atoms with Crippen molar-refractivity contribution in [2.24, 2.45) is 0 Å². The van der Waals surface area contributed by atoms with Gasteiger partial charge in [-0.2, -0.15) is 0 Å². The first-order valence-corrected chi connectivity index (χ1v) is 11.0. The summed E-state index contributed by atoms with van der Waals surface area (Å²) in [5.41, 5.74) is 4.13. The summed E-state index contributed by atoms with van der Waals surface area (Å²) in [5, 5.41) is 0. The Morgan fingerprint density at radius 2 is 1.81 bits per heavy atom. The van der Waals surface area contributed by atoms with Crippen LogP contribution in [-0.2, 0) is 11.3 Å². The third-order valence-corrected chi connectivity index (χ3v) is 5.63. The molecule has 1 amide bonds. The molecule has 0 aliphatic carbocycles. The summed E-state index contributed by atoms with van der Waals surface area (Å²) in [4.78, 5) is 21.6. The Labute approximate surface area is 184 Å². The average molecular weight is 421 g/mol. The van der Waals surface area contributed by atoms with E-state index in [0.29, 0.717) is 13.1 Å². The van der Waals surface area contributed by atoms with Gasteiger partial charge in [-0.3, -0.25) is 0 Å². The van der Waals surface area contributed by atoms with E-state index < -0.39 is 5.60 Å². The van der Waals surface area contributed by atoms with E-state index >= 15 is 0 Å². The fourth-order valence-electron chi connectivity index (χ4n) is 4.06. The number of piperazine rings is 1. The van der Waals surface area contributed by atoms with Gasteiger partial charge >= 0.3 is 6.09 Å². The van der Waals surface area contributed by atoms with Gasteiger partial charge in [-0.25, -0.2) is 9.78 Å². The maximum absolute atomic E-state index is 12.5. The highest BCUT2D eigenvalue weighted by Gasteiger charge is 2.32. The van der Waals surface area contributed by atoms with Crippen molar-refractivity contribution in [1.82, 2.24) is 14.5 Å². The highest BCUT2D eigenvalue weighted by Crippen LogP contribution is 2.27. The minimum absolute atomic E-state index is 0.134. The molecule has 1 atom stereocenters. The second kappa shape index (κ2) is 8.25. The van der Waals surface area contributed by atoms with Crippen molar-refractivity contribution in [2.75, 3.05) is 24.5 Å². The molecule has 0 spiro atoms. The zero-order valence-corrected chi connectivity index (χ0v) is 19.1. The van der Waals surface area contributed by atoms with Crippen LogP contribution in [0.4, 0.5) is 10.7 Å². The number of ether oxygens (including phenoxy) is 1. The van der Waals surface area contributed by atoms with Gasteiger partial charge < -0.3 is 19.1 Å². The number of imidazole rings is 1. The number of aryl methyl sites for hydroxylation is 1. The van der Waals surface area contributed by atoms with Crippen LogP contribution in [0.2, 0.25) is 0 Å². The fourth-order valence-corrected chi connectivity index (χ4v) is 4.06. The number of carbonyl (C=O) groups excluding carboxylic acids is 1. The quantitative estimate of drug-likeness (QED) is 0.608. The molecule has 1 aromatic heterocycles. The van der Waals surface area contributed by atoms with Crippen molar-refractivity contribution >= 4 is 23.1 Å². The fraction of sp³-hybridized carbons (Fsp3) is 0.440. The zero-order chi connectivity index (χ0) is 22.2. The van der Waals surface area contributed by atoms with Crippen LogP contribution in [0.1, 0.15) is 38.8 Å². The lowest BCUT2D eigenvalue weighted by Gasteiger charge is -2.40. The van der Waals surface area contributed by atoms with Crippen molar-refractivity contribution in [3.63, 3.8) is 0 Å². The van der Waals surface area contributed by atoms with Crippen molar-refractivity contribution in [3.8, 4) is 0 Å². The molecule has 0 saturated carbocycles. The average Bonchev–Trinajstić information content (AvgIpc) is 3.06. The third kappa shape index (κ3) is 4.68. The van der Waals surface area contributed by atoms with Crippen molar-refractivity contribution in [1.29, 1.82) is 0 Å². The lowest BCUT2D eigenvalue weighted by atomic mass is 10.1. The Hall–Kier alpha value is -3.02. The molecule has 0 N–H and O–H groups in total. The molecule has 164 valence electrons. The van der Waals surface area contributed by atoms with Gasteiger partial charge in [-0.05, 0) is 52.3 Å². The van der Waals surface area contributed by atoms with Crippen LogP contribution >= 0.6 is 0 Å². The summed E-state index contributed by atoms with van der Waals surface area (Å²) in [6.45, 7) is 12.7. The monoisotopic (exact) mass is 420 g/mol. The van der Waals surface area contributed by atoms with Gasteiger partial charge in [0.25, 0.3) is 0 Å². The lowest BCUT2D eigenvalue weighted by molar-refractivity contribution is 0.0218. The number of benzene rings is 2. The number of aromatic nitrogens is 2. The molecule has 6 heteroatoms. The normalized spacial score (nSPS) is 17.3. The molecule has 1 fully saturated rings. The summed E-state index contributed by atoms with van der Waals surface area (Å²) in [6, 6.07) is 17.1. The number of hydrogen-bond acceptors (Lipinski definition) is 4. The molecule has 31 heavy (non-hydrogen) atoms. The molecule has 6 nitrogen and oxygen atoms in total. The maximum Gasteiger partial charge on any atom is 0.410 e. The molecule has 1 aliphatic rings. The van der Waals surface area contributed by atoms with E-state index in [-0.39, 0.29) is 12.1 Å². The van der Waals surface area contributed by atoms with Crippen molar-refractivity contribution < 1.29 is 9.53 Å². The van der Waals surface area contributed by atoms with Crippen LogP contribution in [0.25, 0.3) is 11.0 Å². The van der Waals surface area contributed by atoms with Crippen molar-refractivity contribution in [3.05, 3.63) is 59.7 Å². The Kier molecular flexibility index (Phi) is 5.65. The van der Waals surface area contributed by atoms with Crippen LogP contribution in [0, 0.1) is 6.92 Å². The standard InChI is InChI=1S/C25H32N4O2/c1-18-10-12-20(13-11-18)17-29-22-9-7-6-8-21(22)26-23(29)28-15-14-27(16-19(28)2)24(30)31-25(3,4)5/h6-13,19H,14-17H2,1-5H3/t19-/m0/s1. The first-order chi connectivity index (χ1) is 14.7. The largest absolute Gasteiger partial charge is 0.444 e. The second-order valence-electron chi connectivity index (χ2n) is 9.44. The predicted octanol–water partition coefficient (Wildman–Crippen LogP) is 4.84. The molecule has 1 aliphatic heterocycles. The Bertz CT molecular complexity index is 1070. The van der Waals surface area contributed by atoms with E-state index in [1.54, 1.807) is 4.90 Å². The minimum atomic E-state index is -0.487. The van der Waals surface area contributed by atoms with Gasteiger partial charge in [0.2, 0.25) is 5.95 Å². The Balaban J connectivity index is 1.61. The van der Waals surface area contributed by atoms with E-state index in [4.69, 9.17) is 9.72 Å². The van der Waals surface area contributed by atoms with Crippen LogP contribution in [0.3, 0.4) is 0 Å². The van der Waals surface area contributed by atoms with E-state index in [1.807, 2.05) is 26.8 Å². The van der Waals surface area contributed by atoms with E-state index in [1.165, 1.54) is 11.1 Å². The SMILES string of the molecule is Cc1ccc(Cn2c(N3CCN(C(=O)OC(C)(C)C)C[C@@H]3C)nc3ccccc32)cc1. The first kappa shape index (κ1) is 21.2. The first-order valence-electron chi connectivity index (χ1n) is 11.0. The van der Waals surface area contributed by atoms with Crippen LogP contribution < -0.4 is 4.90 Å². The molecule has 0 radical (unpaired) electrons. The molecule has 1 saturated heterocycles. The van der Waals surface area contributed by atoms with Gasteiger partial charge in [0, 0.05) is 25.7 Å². The number of carbonyl (C=O) groups is 1. The smallest absolute Gasteiger partial charge is 0.410 e. The topological polar surface area (TPSA) is 50.6 Å². The lowest BCUT2D eigenvalue weighted by Crippen LogP contribution is -2.55. The predicted molar refractivity (Wildman–Crippen MR) is 125 cm³/mol. The molecule has 2 aromatic carbocycles. The summed E-state index contributed by atoms with van der Waals surface area (Å²) < 4.78 is 7.87. The number of hydrogen-bond donors (Lipinski definition) is 0. The molecule has 0 bridgehead atoms. The van der Waals surface area contributed by atoms with Gasteiger partial charge in [-0.1, -0.05) is 42.0 Å².